The van der Waals surface area contributed by atoms with Crippen molar-refractivity contribution in [2.45, 2.75) is 11.8 Å². The van der Waals surface area contributed by atoms with Crippen LogP contribution in [0.25, 0.3) is 10.1 Å². The summed E-state index contributed by atoms with van der Waals surface area (Å²) in [5, 5.41) is 10.9. The summed E-state index contributed by atoms with van der Waals surface area (Å²) in [4.78, 5) is 0.931. The third kappa shape index (κ3) is 1.01. The lowest BCUT2D eigenvalue weighted by Crippen LogP contribution is -1.68. The Morgan fingerprint density at radius 2 is 2.17 bits per heavy atom. The molecule has 0 aliphatic rings. The molecule has 1 N–H and O–H groups in total. The van der Waals surface area contributed by atoms with Crippen molar-refractivity contribution in [3.05, 3.63) is 23.8 Å². The Balaban J connectivity index is 2.95. The van der Waals surface area contributed by atoms with Crippen LogP contribution < -0.4 is 0 Å². The van der Waals surface area contributed by atoms with Crippen LogP contribution in [-0.4, -0.2) is 5.11 Å². The number of hydrogen-bond donors (Lipinski definition) is 2. The van der Waals surface area contributed by atoms with Gasteiger partial charge in [-0.3, -0.25) is 0 Å². The molecule has 1 heterocycles. The van der Waals surface area contributed by atoms with E-state index in [0.29, 0.717) is 5.06 Å². The van der Waals surface area contributed by atoms with Gasteiger partial charge in [0.2, 0.25) is 0 Å². The Kier molecular flexibility index (Phi) is 1.77. The van der Waals surface area contributed by atoms with Crippen LogP contribution in [0.3, 0.4) is 0 Å². The molecular weight excluding hydrogens is 188 g/mol. The quantitative estimate of drug-likeness (QED) is 0.620. The first-order valence-electron chi connectivity index (χ1n) is 3.60. The van der Waals surface area contributed by atoms with Gasteiger partial charge in [-0.2, -0.15) is 0 Å². The first kappa shape index (κ1) is 7.95. The van der Waals surface area contributed by atoms with Crippen molar-refractivity contribution in [1.82, 2.24) is 0 Å². The van der Waals surface area contributed by atoms with E-state index in [0.717, 1.165) is 20.5 Å². The maximum Gasteiger partial charge on any atom is 0.175 e. The Bertz CT molecular complexity index is 431. The molecule has 2 aromatic rings. The van der Waals surface area contributed by atoms with Gasteiger partial charge in [-0.15, -0.1) is 12.6 Å². The molecule has 0 fully saturated rings. The van der Waals surface area contributed by atoms with E-state index in [1.807, 2.05) is 25.1 Å². The third-order valence-electron chi connectivity index (χ3n) is 1.92. The van der Waals surface area contributed by atoms with Gasteiger partial charge in [-0.25, -0.2) is 0 Å². The lowest BCUT2D eigenvalue weighted by atomic mass is 10.2. The number of aromatic hydroxyl groups is 1. The number of benzene rings is 1. The SMILES string of the molecule is Cc1c(O)sc2c(S)cccc12. The molecule has 0 aliphatic heterocycles. The van der Waals surface area contributed by atoms with E-state index < -0.39 is 0 Å². The van der Waals surface area contributed by atoms with Gasteiger partial charge >= 0.3 is 0 Å². The zero-order valence-corrected chi connectivity index (χ0v) is 8.25. The van der Waals surface area contributed by atoms with E-state index in [1.54, 1.807) is 0 Å². The second-order valence-electron chi connectivity index (χ2n) is 2.69. The third-order valence-corrected chi connectivity index (χ3v) is 3.59. The van der Waals surface area contributed by atoms with Crippen molar-refractivity contribution in [2.75, 3.05) is 0 Å². The molecule has 1 aromatic carbocycles. The van der Waals surface area contributed by atoms with Gasteiger partial charge in [0.25, 0.3) is 0 Å². The molecule has 62 valence electrons. The summed E-state index contributed by atoms with van der Waals surface area (Å²) in [5.41, 5.74) is 0.950. The second kappa shape index (κ2) is 2.68. The van der Waals surface area contributed by atoms with Crippen molar-refractivity contribution >= 4 is 34.1 Å². The first-order valence-corrected chi connectivity index (χ1v) is 4.86. The van der Waals surface area contributed by atoms with E-state index in [4.69, 9.17) is 0 Å². The van der Waals surface area contributed by atoms with Crippen LogP contribution in [0, 0.1) is 6.92 Å². The van der Waals surface area contributed by atoms with Gasteiger partial charge in [-0.05, 0) is 13.0 Å². The highest BCUT2D eigenvalue weighted by atomic mass is 32.1. The molecule has 0 aliphatic carbocycles. The zero-order valence-electron chi connectivity index (χ0n) is 6.53. The van der Waals surface area contributed by atoms with Crippen LogP contribution in [0.5, 0.6) is 5.06 Å². The lowest BCUT2D eigenvalue weighted by molar-refractivity contribution is 0.487. The molecule has 3 heteroatoms. The molecule has 0 saturated carbocycles. The second-order valence-corrected chi connectivity index (χ2v) is 4.17. The molecule has 2 rings (SSSR count). The number of hydrogen-bond acceptors (Lipinski definition) is 3. The predicted octanol–water partition coefficient (Wildman–Crippen LogP) is 3.20. The summed E-state index contributed by atoms with van der Waals surface area (Å²) in [6, 6.07) is 5.88. The molecule has 0 radical (unpaired) electrons. The van der Waals surface area contributed by atoms with E-state index in [9.17, 15) is 5.11 Å². The van der Waals surface area contributed by atoms with E-state index in [1.165, 1.54) is 11.3 Å². The van der Waals surface area contributed by atoms with Crippen molar-refractivity contribution in [1.29, 1.82) is 0 Å². The summed E-state index contributed by atoms with van der Waals surface area (Å²) in [6.07, 6.45) is 0. The molecule has 0 unspecified atom stereocenters. The summed E-state index contributed by atoms with van der Waals surface area (Å²) in [7, 11) is 0. The number of aryl methyl sites for hydroxylation is 1. The number of thiol groups is 1. The van der Waals surface area contributed by atoms with Gasteiger partial charge in [0.05, 0.1) is 4.70 Å². The molecule has 12 heavy (non-hydrogen) atoms. The molecule has 0 amide bonds. The number of rotatable bonds is 0. The maximum atomic E-state index is 9.45. The van der Waals surface area contributed by atoms with Crippen molar-refractivity contribution in [3.63, 3.8) is 0 Å². The summed E-state index contributed by atoms with van der Waals surface area (Å²) >= 11 is 5.69. The fourth-order valence-corrected chi connectivity index (χ4v) is 2.52. The van der Waals surface area contributed by atoms with Crippen LogP contribution >= 0.6 is 24.0 Å². The van der Waals surface area contributed by atoms with Gasteiger partial charge < -0.3 is 5.11 Å². The van der Waals surface area contributed by atoms with Crippen LogP contribution in [-0.2, 0) is 0 Å². The fraction of sp³-hybridized carbons (Fsp3) is 0.111. The Hall–Kier alpha value is -0.670. The summed E-state index contributed by atoms with van der Waals surface area (Å²) in [6.45, 7) is 1.92. The molecule has 0 spiro atoms. The number of thiophene rings is 1. The molecule has 1 aromatic heterocycles. The number of fused-ring (bicyclic) bond motifs is 1. The summed E-state index contributed by atoms with van der Waals surface area (Å²) < 4.78 is 1.07. The van der Waals surface area contributed by atoms with Crippen molar-refractivity contribution in [2.24, 2.45) is 0 Å². The standard InChI is InChI=1S/C9H8OS2/c1-5-6-3-2-4-7(11)8(6)12-9(5)10/h2-4,10-11H,1H3. The van der Waals surface area contributed by atoms with Crippen LogP contribution in [0.2, 0.25) is 0 Å². The molecular formula is C9H8OS2. The van der Waals surface area contributed by atoms with E-state index in [2.05, 4.69) is 12.6 Å². The van der Waals surface area contributed by atoms with Gasteiger partial charge in [0.15, 0.2) is 5.06 Å². The zero-order chi connectivity index (χ0) is 8.72. The van der Waals surface area contributed by atoms with Gasteiger partial charge in [-0.1, -0.05) is 23.5 Å². The van der Waals surface area contributed by atoms with Gasteiger partial charge in [0.1, 0.15) is 0 Å². The molecule has 0 bridgehead atoms. The highest BCUT2D eigenvalue weighted by Crippen LogP contribution is 2.38. The van der Waals surface area contributed by atoms with E-state index in [-0.39, 0.29) is 0 Å². The minimum absolute atomic E-state index is 0.395. The van der Waals surface area contributed by atoms with Crippen molar-refractivity contribution < 1.29 is 5.11 Å². The topological polar surface area (TPSA) is 20.2 Å². The lowest BCUT2D eigenvalue weighted by Gasteiger charge is -1.92. The Morgan fingerprint density at radius 1 is 1.42 bits per heavy atom. The average Bonchev–Trinajstić information content (AvgIpc) is 2.32. The Labute approximate surface area is 80.1 Å². The summed E-state index contributed by atoms with van der Waals surface area (Å²) in [5.74, 6) is 0. The first-order chi connectivity index (χ1) is 5.70. The Morgan fingerprint density at radius 3 is 2.83 bits per heavy atom. The predicted molar refractivity (Wildman–Crippen MR) is 55.5 cm³/mol. The maximum absolute atomic E-state index is 9.45. The highest BCUT2D eigenvalue weighted by molar-refractivity contribution is 7.80. The fourth-order valence-electron chi connectivity index (χ4n) is 1.22. The largest absolute Gasteiger partial charge is 0.499 e. The smallest absolute Gasteiger partial charge is 0.175 e. The minimum Gasteiger partial charge on any atom is -0.499 e. The van der Waals surface area contributed by atoms with Gasteiger partial charge in [0, 0.05) is 15.8 Å². The normalized spacial score (nSPS) is 10.8. The molecule has 1 nitrogen and oxygen atoms in total. The van der Waals surface area contributed by atoms with E-state index >= 15 is 0 Å². The van der Waals surface area contributed by atoms with Crippen LogP contribution in [0.15, 0.2) is 23.1 Å². The van der Waals surface area contributed by atoms with Crippen LogP contribution in [0.1, 0.15) is 5.56 Å². The van der Waals surface area contributed by atoms with Crippen LogP contribution in [0.4, 0.5) is 0 Å². The average molecular weight is 196 g/mol. The highest BCUT2D eigenvalue weighted by Gasteiger charge is 2.07. The molecule has 0 atom stereocenters. The van der Waals surface area contributed by atoms with Crippen molar-refractivity contribution in [3.8, 4) is 5.06 Å². The minimum atomic E-state index is 0.395. The molecule has 0 saturated heterocycles. The monoisotopic (exact) mass is 196 g/mol.